The molecule has 0 fully saturated rings. The molecule has 13 heavy (non-hydrogen) atoms. The zero-order valence-corrected chi connectivity index (χ0v) is 10.5. The molecular weight excluding hydrogens is 322 g/mol. The molecule has 4 heteroatoms. The Bertz CT molecular complexity index is 336. The molecule has 1 unspecified atom stereocenters. The van der Waals surface area contributed by atoms with E-state index < -0.39 is 5.38 Å². The molecule has 70 valence electrons. The van der Waals surface area contributed by atoms with E-state index in [-0.39, 0.29) is 5.78 Å². The molecule has 0 spiro atoms. The molecule has 1 nitrogen and oxygen atoms in total. The maximum atomic E-state index is 11.5. The fourth-order valence-electron chi connectivity index (χ4n) is 0.904. The lowest BCUT2D eigenvalue weighted by molar-refractivity contribution is 0.0991. The third kappa shape index (κ3) is 2.82. The van der Waals surface area contributed by atoms with Gasteiger partial charge in [0.1, 0.15) is 0 Å². The second kappa shape index (κ2) is 4.62. The lowest BCUT2D eigenvalue weighted by Crippen LogP contribution is -2.11. The van der Waals surface area contributed by atoms with Gasteiger partial charge in [0.05, 0.1) is 5.38 Å². The van der Waals surface area contributed by atoms with Crippen molar-refractivity contribution in [2.24, 2.45) is 0 Å². The van der Waals surface area contributed by atoms with Gasteiger partial charge in [-0.15, -0.1) is 11.6 Å². The average molecular weight is 329 g/mol. The Morgan fingerprint density at radius 2 is 2.15 bits per heavy atom. The Morgan fingerprint density at radius 3 is 2.62 bits per heavy atom. The molecule has 0 radical (unpaired) electrons. The third-order valence-corrected chi connectivity index (χ3v) is 2.88. The van der Waals surface area contributed by atoms with Gasteiger partial charge < -0.3 is 0 Å². The molecule has 0 heterocycles. The first-order valence-electron chi connectivity index (χ1n) is 3.65. The van der Waals surface area contributed by atoms with E-state index in [1.165, 1.54) is 0 Å². The van der Waals surface area contributed by atoms with Crippen LogP contribution in [0.25, 0.3) is 0 Å². The number of benzene rings is 1. The second-order valence-corrected chi connectivity index (χ2v) is 4.86. The quantitative estimate of drug-likeness (QED) is 0.459. The number of ketones is 1. The first-order chi connectivity index (χ1) is 6.02. The van der Waals surface area contributed by atoms with Crippen molar-refractivity contribution in [2.45, 2.75) is 12.3 Å². The zero-order valence-electron chi connectivity index (χ0n) is 6.85. The van der Waals surface area contributed by atoms with Crippen molar-refractivity contribution < 1.29 is 4.79 Å². The minimum Gasteiger partial charge on any atom is -0.292 e. The van der Waals surface area contributed by atoms with E-state index in [4.69, 9.17) is 23.2 Å². The van der Waals surface area contributed by atoms with E-state index in [0.29, 0.717) is 10.6 Å². The highest BCUT2D eigenvalue weighted by Gasteiger charge is 2.14. The molecule has 0 aliphatic heterocycles. The third-order valence-electron chi connectivity index (χ3n) is 1.56. The normalized spacial score (nSPS) is 12.6. The van der Waals surface area contributed by atoms with E-state index >= 15 is 0 Å². The van der Waals surface area contributed by atoms with E-state index in [0.717, 1.165) is 3.57 Å². The predicted molar refractivity (Wildman–Crippen MR) is 63.8 cm³/mol. The molecule has 0 saturated carbocycles. The first-order valence-corrected chi connectivity index (χ1v) is 5.55. The van der Waals surface area contributed by atoms with Gasteiger partial charge in [-0.25, -0.2) is 0 Å². The summed E-state index contributed by atoms with van der Waals surface area (Å²) >= 11 is 13.5. The van der Waals surface area contributed by atoms with Crippen LogP contribution in [0.15, 0.2) is 18.2 Å². The molecule has 1 aromatic carbocycles. The summed E-state index contributed by atoms with van der Waals surface area (Å²) in [5.41, 5.74) is 0.632. The topological polar surface area (TPSA) is 17.1 Å². The first kappa shape index (κ1) is 11.3. The fraction of sp³-hybridized carbons (Fsp3) is 0.222. The molecule has 0 N–H and O–H groups in total. The Balaban J connectivity index is 3.09. The highest BCUT2D eigenvalue weighted by atomic mass is 127. The Kier molecular flexibility index (Phi) is 4.01. The molecular formula is C9H7Cl2IO. The van der Waals surface area contributed by atoms with Crippen LogP contribution in [0.1, 0.15) is 17.3 Å². The van der Waals surface area contributed by atoms with Crippen LogP contribution < -0.4 is 0 Å². The molecule has 0 aliphatic carbocycles. The van der Waals surface area contributed by atoms with Gasteiger partial charge in [0.15, 0.2) is 5.78 Å². The molecule has 0 aliphatic rings. The van der Waals surface area contributed by atoms with Crippen LogP contribution in [0.3, 0.4) is 0 Å². The predicted octanol–water partition coefficient (Wildman–Crippen LogP) is 3.75. The summed E-state index contributed by atoms with van der Waals surface area (Å²) in [7, 11) is 0. The number of carbonyl (C=O) groups excluding carboxylic acids is 1. The van der Waals surface area contributed by atoms with E-state index in [9.17, 15) is 4.79 Å². The fourth-order valence-corrected chi connectivity index (χ4v) is 2.16. The molecule has 0 aromatic heterocycles. The lowest BCUT2D eigenvalue weighted by atomic mass is 10.1. The minimum atomic E-state index is -0.491. The van der Waals surface area contributed by atoms with Crippen LogP contribution in [0.2, 0.25) is 5.02 Å². The van der Waals surface area contributed by atoms with E-state index in [2.05, 4.69) is 22.6 Å². The van der Waals surface area contributed by atoms with Crippen LogP contribution >= 0.6 is 45.8 Å². The average Bonchev–Trinajstić information content (AvgIpc) is 2.03. The second-order valence-electron chi connectivity index (χ2n) is 2.60. The summed E-state index contributed by atoms with van der Waals surface area (Å²) in [6.07, 6.45) is 0. The van der Waals surface area contributed by atoms with Crippen molar-refractivity contribution in [1.82, 2.24) is 0 Å². The van der Waals surface area contributed by atoms with E-state index in [1.807, 2.05) is 0 Å². The summed E-state index contributed by atoms with van der Waals surface area (Å²) in [6.45, 7) is 1.66. The SMILES string of the molecule is CC(Cl)C(=O)c1ccc(Cl)cc1I. The maximum Gasteiger partial charge on any atom is 0.181 e. The summed E-state index contributed by atoms with van der Waals surface area (Å²) in [6, 6.07) is 5.14. The van der Waals surface area contributed by atoms with Gasteiger partial charge in [0.25, 0.3) is 0 Å². The van der Waals surface area contributed by atoms with Crippen LogP contribution in [-0.2, 0) is 0 Å². The largest absolute Gasteiger partial charge is 0.292 e. The Hall–Kier alpha value is 0.200. The molecule has 1 aromatic rings. The number of rotatable bonds is 2. The van der Waals surface area contributed by atoms with Gasteiger partial charge in [0.2, 0.25) is 0 Å². The Labute approximate surface area is 101 Å². The molecule has 0 amide bonds. The highest BCUT2D eigenvalue weighted by Crippen LogP contribution is 2.20. The Morgan fingerprint density at radius 1 is 1.54 bits per heavy atom. The number of Topliss-reactive ketones (excluding diaryl/α,β-unsaturated/α-hetero) is 1. The van der Waals surface area contributed by atoms with Crippen LogP contribution in [0, 0.1) is 3.57 Å². The molecule has 1 rings (SSSR count). The van der Waals surface area contributed by atoms with Crippen molar-refractivity contribution in [3.63, 3.8) is 0 Å². The van der Waals surface area contributed by atoms with Gasteiger partial charge in [-0.05, 0) is 47.7 Å². The number of halogens is 3. The highest BCUT2D eigenvalue weighted by molar-refractivity contribution is 14.1. The van der Waals surface area contributed by atoms with Crippen LogP contribution in [-0.4, -0.2) is 11.2 Å². The number of alkyl halides is 1. The summed E-state index contributed by atoms with van der Waals surface area (Å²) in [5, 5.41) is 0.137. The van der Waals surface area contributed by atoms with Crippen molar-refractivity contribution in [2.75, 3.05) is 0 Å². The van der Waals surface area contributed by atoms with Gasteiger partial charge in [0, 0.05) is 14.2 Å². The smallest absolute Gasteiger partial charge is 0.181 e. The van der Waals surface area contributed by atoms with Gasteiger partial charge in [-0.3, -0.25) is 4.79 Å². The van der Waals surface area contributed by atoms with Crippen molar-refractivity contribution in [3.8, 4) is 0 Å². The zero-order chi connectivity index (χ0) is 10.0. The van der Waals surface area contributed by atoms with Crippen molar-refractivity contribution >= 4 is 51.6 Å². The molecule has 1 atom stereocenters. The summed E-state index contributed by atoms with van der Waals surface area (Å²) in [4.78, 5) is 11.5. The minimum absolute atomic E-state index is 0.0669. The lowest BCUT2D eigenvalue weighted by Gasteiger charge is -2.04. The standard InChI is InChI=1S/C9H7Cl2IO/c1-5(10)9(13)7-3-2-6(11)4-8(7)12/h2-5H,1H3. The van der Waals surface area contributed by atoms with Crippen LogP contribution in [0.4, 0.5) is 0 Å². The van der Waals surface area contributed by atoms with E-state index in [1.54, 1.807) is 25.1 Å². The van der Waals surface area contributed by atoms with Crippen LogP contribution in [0.5, 0.6) is 0 Å². The molecule has 0 bridgehead atoms. The molecule has 0 saturated heterocycles. The monoisotopic (exact) mass is 328 g/mol. The number of hydrogen-bond donors (Lipinski definition) is 0. The summed E-state index contributed by atoms with van der Waals surface area (Å²) in [5.74, 6) is -0.0669. The van der Waals surface area contributed by atoms with Crippen molar-refractivity contribution in [1.29, 1.82) is 0 Å². The van der Waals surface area contributed by atoms with Gasteiger partial charge in [-0.2, -0.15) is 0 Å². The van der Waals surface area contributed by atoms with Gasteiger partial charge >= 0.3 is 0 Å². The van der Waals surface area contributed by atoms with Gasteiger partial charge in [-0.1, -0.05) is 11.6 Å². The number of carbonyl (C=O) groups is 1. The number of hydrogen-bond acceptors (Lipinski definition) is 1. The van der Waals surface area contributed by atoms with Crippen molar-refractivity contribution in [3.05, 3.63) is 32.4 Å². The summed E-state index contributed by atoms with van der Waals surface area (Å²) < 4.78 is 0.836. The maximum absolute atomic E-state index is 11.5.